The molecular weight excluding hydrogens is 509 g/mol. The predicted molar refractivity (Wildman–Crippen MR) is 129 cm³/mol. The number of nitrogen functional groups attached to an aromatic ring is 1. The second kappa shape index (κ2) is 10.1. The number of aromatic nitrogens is 2. The van der Waals surface area contributed by atoms with E-state index in [9.17, 15) is 14.5 Å². The molecule has 2 aromatic carbocycles. The summed E-state index contributed by atoms with van der Waals surface area (Å²) in [5, 5.41) is 19.5. The van der Waals surface area contributed by atoms with Gasteiger partial charge < -0.3 is 15.4 Å². The monoisotopic (exact) mass is 529 g/mol. The van der Waals surface area contributed by atoms with Gasteiger partial charge in [0.1, 0.15) is 34.2 Å². The van der Waals surface area contributed by atoms with E-state index in [4.69, 9.17) is 15.9 Å². The molecule has 0 spiro atoms. The van der Waals surface area contributed by atoms with Crippen LogP contribution in [0.2, 0.25) is 0 Å². The van der Waals surface area contributed by atoms with Gasteiger partial charge in [-0.1, -0.05) is 6.07 Å². The molecule has 3 N–H and O–H groups in total. The number of nitrogens with one attached hydrogen (secondary N) is 1. The van der Waals surface area contributed by atoms with Crippen LogP contribution in [-0.4, -0.2) is 50.6 Å². The Hall–Kier alpha value is -3.64. The Morgan fingerprint density at radius 1 is 1.18 bits per heavy atom. The van der Waals surface area contributed by atoms with Crippen molar-refractivity contribution in [1.82, 2.24) is 14.9 Å². The molecule has 3 aromatic rings. The minimum atomic E-state index is -0.490. The van der Waals surface area contributed by atoms with Crippen LogP contribution in [0, 0.1) is 21.3 Å². The van der Waals surface area contributed by atoms with Gasteiger partial charge in [0.05, 0.1) is 10.5 Å². The molecule has 1 aromatic heterocycles. The largest absolute Gasteiger partial charge is 0.450 e. The van der Waals surface area contributed by atoms with Crippen LogP contribution < -0.4 is 15.4 Å². The fraction of sp³-hybridized carbons (Fsp3) is 0.227. The van der Waals surface area contributed by atoms with E-state index in [1.165, 1.54) is 36.7 Å². The van der Waals surface area contributed by atoms with Crippen molar-refractivity contribution in [3.05, 3.63) is 75.9 Å². The molecule has 0 atom stereocenters. The van der Waals surface area contributed by atoms with Crippen LogP contribution in [0.3, 0.4) is 0 Å². The molecule has 0 aliphatic carbocycles. The lowest BCUT2D eigenvalue weighted by Crippen LogP contribution is -2.46. The Bertz CT molecular complexity index is 1220. The zero-order valence-corrected chi connectivity index (χ0v) is 19.5. The van der Waals surface area contributed by atoms with Gasteiger partial charge in [-0.2, -0.15) is 0 Å². The average molecular weight is 530 g/mol. The number of anilines is 2. The highest BCUT2D eigenvalue weighted by atomic mass is 79.9. The number of halogens is 2. The van der Waals surface area contributed by atoms with E-state index in [0.717, 1.165) is 5.56 Å². The number of nitrogens with zero attached hydrogens (tertiary/aromatic N) is 5. The maximum atomic E-state index is 13.1. The molecule has 34 heavy (non-hydrogen) atoms. The zero-order chi connectivity index (χ0) is 24.2. The Morgan fingerprint density at radius 2 is 1.88 bits per heavy atom. The molecule has 10 nitrogen and oxygen atoms in total. The number of rotatable bonds is 7. The van der Waals surface area contributed by atoms with E-state index in [0.29, 0.717) is 49.9 Å². The van der Waals surface area contributed by atoms with Crippen molar-refractivity contribution in [2.75, 3.05) is 36.8 Å². The van der Waals surface area contributed by atoms with Gasteiger partial charge in [-0.3, -0.25) is 20.4 Å². The van der Waals surface area contributed by atoms with Gasteiger partial charge >= 0.3 is 5.69 Å². The first-order valence-corrected chi connectivity index (χ1v) is 11.1. The van der Waals surface area contributed by atoms with Gasteiger partial charge in [-0.15, -0.1) is 0 Å². The first-order chi connectivity index (χ1) is 16.3. The fourth-order valence-electron chi connectivity index (χ4n) is 3.74. The maximum absolute atomic E-state index is 13.1. The summed E-state index contributed by atoms with van der Waals surface area (Å²) in [5.74, 6) is 0.838. The number of piperazine rings is 1. The fourth-order valence-corrected chi connectivity index (χ4v) is 4.12. The maximum Gasteiger partial charge on any atom is 0.311 e. The Balaban J connectivity index is 1.43. The number of nitro groups is 1. The Kier molecular flexibility index (Phi) is 6.98. The highest BCUT2D eigenvalue weighted by Crippen LogP contribution is 2.33. The normalized spacial score (nSPS) is 14.1. The van der Waals surface area contributed by atoms with Crippen LogP contribution >= 0.6 is 15.9 Å². The van der Waals surface area contributed by atoms with E-state index in [1.807, 2.05) is 4.90 Å². The molecule has 1 aliphatic heterocycles. The lowest BCUT2D eigenvalue weighted by atomic mass is 10.1. The molecule has 0 unspecified atom stereocenters. The number of nitrogens with two attached hydrogens (primary N) is 1. The summed E-state index contributed by atoms with van der Waals surface area (Å²) in [5.41, 5.74) is 7.01. The molecule has 1 fully saturated rings. The average Bonchev–Trinajstić information content (AvgIpc) is 2.81. The third kappa shape index (κ3) is 5.29. The van der Waals surface area contributed by atoms with E-state index in [2.05, 4.69) is 30.8 Å². The first-order valence-electron chi connectivity index (χ1n) is 10.3. The van der Waals surface area contributed by atoms with Crippen LogP contribution in [0.15, 0.2) is 48.8 Å². The first kappa shape index (κ1) is 23.5. The molecule has 2 heterocycles. The van der Waals surface area contributed by atoms with Gasteiger partial charge in [0.25, 0.3) is 0 Å². The molecule has 1 saturated heterocycles. The molecule has 12 heteroatoms. The standard InChI is InChI=1S/C22H21BrFN7O3/c23-20(25)19-21(26)27-13-28-22(19)30-9-7-29(8-10-30)12-14-1-6-18(17(11-14)31(32)33)34-16-4-2-15(24)3-5-16/h1-6,11,13,25H,7-10,12H2,(H2,26,27,28). The highest BCUT2D eigenvalue weighted by Gasteiger charge is 2.24. The number of hydrogen-bond acceptors (Lipinski definition) is 9. The molecule has 4 rings (SSSR count). The zero-order valence-electron chi connectivity index (χ0n) is 17.9. The highest BCUT2D eigenvalue weighted by molar-refractivity contribution is 9.18. The second-order valence-electron chi connectivity index (χ2n) is 7.65. The predicted octanol–water partition coefficient (Wildman–Crippen LogP) is 3.94. The van der Waals surface area contributed by atoms with Gasteiger partial charge in [0.15, 0.2) is 0 Å². The smallest absolute Gasteiger partial charge is 0.311 e. The van der Waals surface area contributed by atoms with Crippen LogP contribution in [0.1, 0.15) is 11.1 Å². The van der Waals surface area contributed by atoms with Crippen LogP contribution in [0.25, 0.3) is 0 Å². The summed E-state index contributed by atoms with van der Waals surface area (Å²) in [6.45, 7) is 3.22. The minimum Gasteiger partial charge on any atom is -0.450 e. The van der Waals surface area contributed by atoms with Gasteiger partial charge in [0.2, 0.25) is 5.75 Å². The number of hydrogen-bond donors (Lipinski definition) is 2. The summed E-state index contributed by atoms with van der Waals surface area (Å²) in [6.07, 6.45) is 1.38. The van der Waals surface area contributed by atoms with Gasteiger partial charge in [-0.25, -0.2) is 14.4 Å². The molecule has 176 valence electrons. The van der Waals surface area contributed by atoms with Crippen molar-refractivity contribution in [2.24, 2.45) is 0 Å². The molecule has 1 aliphatic rings. The van der Waals surface area contributed by atoms with Crippen LogP contribution in [0.4, 0.5) is 21.7 Å². The van der Waals surface area contributed by atoms with E-state index < -0.39 is 10.7 Å². The summed E-state index contributed by atoms with van der Waals surface area (Å²) in [7, 11) is 0. The van der Waals surface area contributed by atoms with Crippen molar-refractivity contribution in [3.8, 4) is 11.5 Å². The quantitative estimate of drug-likeness (QED) is 0.267. The molecule has 0 radical (unpaired) electrons. The van der Waals surface area contributed by atoms with Crippen molar-refractivity contribution < 1.29 is 14.1 Å². The van der Waals surface area contributed by atoms with Gasteiger partial charge in [-0.05, 0) is 51.8 Å². The number of benzene rings is 2. The molecule has 0 bridgehead atoms. The number of ether oxygens (including phenoxy) is 1. The van der Waals surface area contributed by atoms with Crippen molar-refractivity contribution in [1.29, 1.82) is 5.41 Å². The Labute approximate surface area is 203 Å². The van der Waals surface area contributed by atoms with E-state index in [1.54, 1.807) is 12.1 Å². The third-order valence-corrected chi connectivity index (χ3v) is 5.81. The SMILES string of the molecule is N=C(Br)c1c(N)ncnc1N1CCN(Cc2ccc(Oc3ccc(F)cc3)c([N+](=O)[O-])c2)CC1. The summed E-state index contributed by atoms with van der Waals surface area (Å²) in [6, 6.07) is 10.1. The topological polar surface area (TPSA) is 134 Å². The summed E-state index contributed by atoms with van der Waals surface area (Å²) in [4.78, 5) is 23.6. The third-order valence-electron chi connectivity index (χ3n) is 5.42. The molecule has 0 amide bonds. The van der Waals surface area contributed by atoms with E-state index in [-0.39, 0.29) is 21.9 Å². The second-order valence-corrected chi connectivity index (χ2v) is 8.44. The van der Waals surface area contributed by atoms with E-state index >= 15 is 0 Å². The lowest BCUT2D eigenvalue weighted by molar-refractivity contribution is -0.385. The Morgan fingerprint density at radius 3 is 2.53 bits per heavy atom. The van der Waals surface area contributed by atoms with Crippen LogP contribution in [-0.2, 0) is 6.54 Å². The lowest BCUT2D eigenvalue weighted by Gasteiger charge is -2.36. The van der Waals surface area contributed by atoms with Crippen LogP contribution in [0.5, 0.6) is 11.5 Å². The number of nitro benzene ring substituents is 1. The summed E-state index contributed by atoms with van der Waals surface area (Å²) >= 11 is 3.16. The van der Waals surface area contributed by atoms with Crippen molar-refractivity contribution in [2.45, 2.75) is 6.54 Å². The summed E-state index contributed by atoms with van der Waals surface area (Å²) < 4.78 is 18.8. The van der Waals surface area contributed by atoms with Crippen molar-refractivity contribution in [3.63, 3.8) is 0 Å². The van der Waals surface area contributed by atoms with Crippen molar-refractivity contribution >= 4 is 37.9 Å². The minimum absolute atomic E-state index is 0.0938. The molecular formula is C22H21BrFN7O3. The van der Waals surface area contributed by atoms with Gasteiger partial charge in [0, 0.05) is 38.8 Å². The molecule has 0 saturated carbocycles.